The van der Waals surface area contributed by atoms with Crippen LogP contribution < -0.4 is 4.90 Å². The molecule has 1 aromatic heterocycles. The van der Waals surface area contributed by atoms with Crippen LogP contribution in [-0.4, -0.2) is 73.5 Å². The molecule has 2 aliphatic rings. The summed E-state index contributed by atoms with van der Waals surface area (Å²) in [5, 5.41) is 0. The highest BCUT2D eigenvalue weighted by Gasteiger charge is 2.27. The quantitative estimate of drug-likeness (QED) is 0.784. The first-order valence-electron chi connectivity index (χ1n) is 9.64. The molecule has 2 aliphatic heterocycles. The fourth-order valence-electron chi connectivity index (χ4n) is 3.83. The van der Waals surface area contributed by atoms with Gasteiger partial charge in [0.05, 0.1) is 25.9 Å². The van der Waals surface area contributed by atoms with E-state index < -0.39 is 0 Å². The molecule has 1 atom stereocenters. The molecule has 0 spiro atoms. The van der Waals surface area contributed by atoms with Gasteiger partial charge in [0.25, 0.3) is 0 Å². The number of likely N-dealkylation sites (N-methyl/N-ethyl adjacent to an activating group) is 1. The fraction of sp³-hybridized carbons (Fsp3) is 0.789. The van der Waals surface area contributed by atoms with Gasteiger partial charge < -0.3 is 19.3 Å². The molecule has 0 bridgehead atoms. The molecular formula is C19H32N4O2. The van der Waals surface area contributed by atoms with Crippen LogP contribution in [0, 0.1) is 6.92 Å². The predicted octanol–water partition coefficient (Wildman–Crippen LogP) is 2.05. The SMILES string of the molecule is CCCc1cnc(C)nc1N1CCC(N(C)C[C@@H]2COCCO2)CC1. The molecule has 0 amide bonds. The second-order valence-electron chi connectivity index (χ2n) is 7.24. The molecule has 25 heavy (non-hydrogen) atoms. The van der Waals surface area contributed by atoms with E-state index in [1.165, 1.54) is 18.4 Å². The summed E-state index contributed by atoms with van der Waals surface area (Å²) in [4.78, 5) is 14.0. The first kappa shape index (κ1) is 18.5. The molecule has 2 fully saturated rings. The van der Waals surface area contributed by atoms with Crippen LogP contribution in [0.4, 0.5) is 5.82 Å². The standard InChI is InChI=1S/C19H32N4O2/c1-4-5-16-12-20-15(2)21-19(16)23-8-6-17(7-9-23)22(3)13-18-14-24-10-11-25-18/h12,17-18H,4-11,13-14H2,1-3H3/t18-/m1/s1. The summed E-state index contributed by atoms with van der Waals surface area (Å²) in [5.41, 5.74) is 1.28. The zero-order valence-corrected chi connectivity index (χ0v) is 15.9. The van der Waals surface area contributed by atoms with Crippen LogP contribution in [0.3, 0.4) is 0 Å². The molecule has 3 rings (SSSR count). The number of piperidine rings is 1. The summed E-state index contributed by atoms with van der Waals surface area (Å²) in [6.45, 7) is 9.45. The minimum Gasteiger partial charge on any atom is -0.376 e. The molecule has 0 aliphatic carbocycles. The lowest BCUT2D eigenvalue weighted by Crippen LogP contribution is -2.47. The molecule has 0 radical (unpaired) electrons. The van der Waals surface area contributed by atoms with Gasteiger partial charge >= 0.3 is 0 Å². The number of hydrogen-bond acceptors (Lipinski definition) is 6. The van der Waals surface area contributed by atoms with Gasteiger partial charge in [-0.3, -0.25) is 0 Å². The molecule has 2 saturated heterocycles. The first-order valence-corrected chi connectivity index (χ1v) is 9.64. The Morgan fingerprint density at radius 3 is 2.76 bits per heavy atom. The summed E-state index contributed by atoms with van der Waals surface area (Å²) >= 11 is 0. The highest BCUT2D eigenvalue weighted by atomic mass is 16.6. The van der Waals surface area contributed by atoms with E-state index in [4.69, 9.17) is 14.5 Å². The summed E-state index contributed by atoms with van der Waals surface area (Å²) < 4.78 is 11.3. The number of rotatable bonds is 6. The number of nitrogens with zero attached hydrogens (tertiary/aromatic N) is 4. The third-order valence-corrected chi connectivity index (χ3v) is 5.25. The Kier molecular flexibility index (Phi) is 6.62. The summed E-state index contributed by atoms with van der Waals surface area (Å²) in [7, 11) is 2.22. The largest absolute Gasteiger partial charge is 0.376 e. The van der Waals surface area contributed by atoms with Crippen LogP contribution in [0.25, 0.3) is 0 Å². The van der Waals surface area contributed by atoms with Crippen LogP contribution >= 0.6 is 0 Å². The molecular weight excluding hydrogens is 316 g/mol. The number of hydrogen-bond donors (Lipinski definition) is 0. The minimum atomic E-state index is 0.220. The maximum absolute atomic E-state index is 5.79. The van der Waals surface area contributed by atoms with Crippen LogP contribution in [0.2, 0.25) is 0 Å². The zero-order valence-electron chi connectivity index (χ0n) is 15.9. The number of ether oxygens (including phenoxy) is 2. The molecule has 0 aromatic carbocycles. The third-order valence-electron chi connectivity index (χ3n) is 5.25. The Morgan fingerprint density at radius 2 is 2.08 bits per heavy atom. The van der Waals surface area contributed by atoms with Gasteiger partial charge in [-0.1, -0.05) is 13.3 Å². The first-order chi connectivity index (χ1) is 12.2. The topological polar surface area (TPSA) is 50.7 Å². The van der Waals surface area contributed by atoms with Crippen molar-refractivity contribution in [1.82, 2.24) is 14.9 Å². The molecule has 0 N–H and O–H groups in total. The highest BCUT2D eigenvalue weighted by molar-refractivity contribution is 5.46. The van der Waals surface area contributed by atoms with E-state index in [1.54, 1.807) is 0 Å². The van der Waals surface area contributed by atoms with Crippen LogP contribution in [0.15, 0.2) is 6.20 Å². The molecule has 0 unspecified atom stereocenters. The van der Waals surface area contributed by atoms with Crippen molar-refractivity contribution < 1.29 is 9.47 Å². The molecule has 6 nitrogen and oxygen atoms in total. The molecule has 1 aromatic rings. The van der Waals surface area contributed by atoms with Crippen LogP contribution in [0.1, 0.15) is 37.6 Å². The van der Waals surface area contributed by atoms with E-state index in [9.17, 15) is 0 Å². The van der Waals surface area contributed by atoms with Gasteiger partial charge in [0.15, 0.2) is 0 Å². The van der Waals surface area contributed by atoms with Crippen molar-refractivity contribution in [2.45, 2.75) is 51.7 Å². The highest BCUT2D eigenvalue weighted by Crippen LogP contribution is 2.25. The van der Waals surface area contributed by atoms with Gasteiger partial charge in [0, 0.05) is 37.4 Å². The van der Waals surface area contributed by atoms with Gasteiger partial charge in [0.2, 0.25) is 0 Å². The predicted molar refractivity (Wildman–Crippen MR) is 99.2 cm³/mol. The summed E-state index contributed by atoms with van der Waals surface area (Å²) in [6.07, 6.45) is 6.74. The average molecular weight is 348 g/mol. The van der Waals surface area contributed by atoms with Gasteiger partial charge in [-0.05, 0) is 33.2 Å². The number of anilines is 1. The van der Waals surface area contributed by atoms with Crippen molar-refractivity contribution in [2.75, 3.05) is 51.4 Å². The Hall–Kier alpha value is -1.24. The van der Waals surface area contributed by atoms with Crippen LogP contribution in [0.5, 0.6) is 0 Å². The van der Waals surface area contributed by atoms with Gasteiger partial charge in [-0.25, -0.2) is 9.97 Å². The van der Waals surface area contributed by atoms with Gasteiger partial charge in [-0.15, -0.1) is 0 Å². The van der Waals surface area contributed by atoms with Crippen molar-refractivity contribution >= 4 is 5.82 Å². The van der Waals surface area contributed by atoms with Crippen molar-refractivity contribution in [1.29, 1.82) is 0 Å². The lowest BCUT2D eigenvalue weighted by atomic mass is 10.0. The normalized spacial score (nSPS) is 22.6. The van der Waals surface area contributed by atoms with Crippen molar-refractivity contribution in [3.63, 3.8) is 0 Å². The van der Waals surface area contributed by atoms with Crippen molar-refractivity contribution in [3.05, 3.63) is 17.6 Å². The smallest absolute Gasteiger partial charge is 0.135 e. The average Bonchev–Trinajstić information content (AvgIpc) is 2.64. The molecule has 6 heteroatoms. The molecule has 140 valence electrons. The lowest BCUT2D eigenvalue weighted by molar-refractivity contribution is -0.0989. The van der Waals surface area contributed by atoms with E-state index in [-0.39, 0.29) is 6.10 Å². The second kappa shape index (κ2) is 8.92. The fourth-order valence-corrected chi connectivity index (χ4v) is 3.83. The zero-order chi connectivity index (χ0) is 17.6. The van der Waals surface area contributed by atoms with E-state index in [2.05, 4.69) is 28.8 Å². The Balaban J connectivity index is 1.55. The second-order valence-corrected chi connectivity index (χ2v) is 7.24. The van der Waals surface area contributed by atoms with Crippen molar-refractivity contribution in [3.8, 4) is 0 Å². The third kappa shape index (κ3) is 4.90. The van der Waals surface area contributed by atoms with E-state index in [1.807, 2.05) is 13.1 Å². The summed E-state index contributed by atoms with van der Waals surface area (Å²) in [6, 6.07) is 0.610. The Labute approximate surface area is 151 Å². The van der Waals surface area contributed by atoms with Crippen molar-refractivity contribution in [2.24, 2.45) is 0 Å². The van der Waals surface area contributed by atoms with Crippen LogP contribution in [-0.2, 0) is 15.9 Å². The molecule has 3 heterocycles. The number of aryl methyl sites for hydroxylation is 2. The van der Waals surface area contributed by atoms with E-state index in [0.29, 0.717) is 6.04 Å². The lowest BCUT2D eigenvalue weighted by Gasteiger charge is -2.39. The Morgan fingerprint density at radius 1 is 1.28 bits per heavy atom. The summed E-state index contributed by atoms with van der Waals surface area (Å²) in [5.74, 6) is 2.02. The Bertz CT molecular complexity index is 540. The monoisotopic (exact) mass is 348 g/mol. The van der Waals surface area contributed by atoms with E-state index in [0.717, 1.165) is 63.9 Å². The van der Waals surface area contributed by atoms with E-state index >= 15 is 0 Å². The van der Waals surface area contributed by atoms with Gasteiger partial charge in [0.1, 0.15) is 11.6 Å². The molecule has 0 saturated carbocycles. The maximum atomic E-state index is 5.79. The van der Waals surface area contributed by atoms with Gasteiger partial charge in [-0.2, -0.15) is 0 Å². The number of aromatic nitrogens is 2. The maximum Gasteiger partial charge on any atom is 0.135 e. The minimum absolute atomic E-state index is 0.220.